The predicted molar refractivity (Wildman–Crippen MR) is 219 cm³/mol. The van der Waals surface area contributed by atoms with Gasteiger partial charge in [0.1, 0.15) is 11.9 Å². The number of piperazine rings is 1. The number of imide groups is 2. The molecule has 0 bridgehead atoms. The first kappa shape index (κ1) is 41.9. The summed E-state index contributed by atoms with van der Waals surface area (Å²) in [5.41, 5.74) is 1.56. The monoisotopic (exact) mass is 839 g/mol. The highest BCUT2D eigenvalue weighted by Gasteiger charge is 2.45. The van der Waals surface area contributed by atoms with Gasteiger partial charge >= 0.3 is 6.18 Å². The van der Waals surface area contributed by atoms with Crippen LogP contribution in [0.25, 0.3) is 0 Å². The number of anilines is 3. The van der Waals surface area contributed by atoms with Gasteiger partial charge in [-0.3, -0.25) is 39.1 Å². The second-order valence-corrected chi connectivity index (χ2v) is 16.6. The summed E-state index contributed by atoms with van der Waals surface area (Å²) in [6.45, 7) is 8.23. The van der Waals surface area contributed by atoms with E-state index in [4.69, 9.17) is 5.26 Å². The van der Waals surface area contributed by atoms with Gasteiger partial charge in [0.15, 0.2) is 0 Å². The van der Waals surface area contributed by atoms with Crippen LogP contribution in [0.1, 0.15) is 75.9 Å². The molecule has 0 aliphatic carbocycles. The molecule has 0 spiro atoms. The highest BCUT2D eigenvalue weighted by molar-refractivity contribution is 6.23. The molecule has 0 saturated carbocycles. The number of carbonyl (C=O) groups excluding carboxylic acids is 5. The van der Waals surface area contributed by atoms with E-state index >= 15 is 0 Å². The maximum Gasteiger partial charge on any atom is 0.417 e. The average Bonchev–Trinajstić information content (AvgIpc) is 3.51. The summed E-state index contributed by atoms with van der Waals surface area (Å²) in [5, 5.41) is 14.2. The van der Waals surface area contributed by atoms with Crippen molar-refractivity contribution in [2.45, 2.75) is 57.2 Å². The van der Waals surface area contributed by atoms with Crippen LogP contribution in [0.2, 0.25) is 0 Å². The number of piperidine rings is 3. The number of halogens is 3. The van der Waals surface area contributed by atoms with Gasteiger partial charge in [-0.15, -0.1) is 0 Å². The van der Waals surface area contributed by atoms with E-state index in [0.29, 0.717) is 48.9 Å². The Morgan fingerprint density at radius 2 is 1.49 bits per heavy atom. The van der Waals surface area contributed by atoms with E-state index in [1.165, 1.54) is 12.1 Å². The number of nitrogens with one attached hydrogen (secondary N) is 2. The molecule has 6 heterocycles. The molecule has 2 N–H and O–H groups in total. The smallest absolute Gasteiger partial charge is 0.371 e. The van der Waals surface area contributed by atoms with E-state index in [-0.39, 0.29) is 30.2 Å². The largest absolute Gasteiger partial charge is 0.417 e. The minimum Gasteiger partial charge on any atom is -0.371 e. The second kappa shape index (κ2) is 17.6. The molecule has 3 aromatic rings. The van der Waals surface area contributed by atoms with Crippen LogP contribution in [0.3, 0.4) is 0 Å². The maximum atomic E-state index is 13.5. The number of alkyl halides is 3. The lowest BCUT2D eigenvalue weighted by Gasteiger charge is -2.39. The molecule has 14 nitrogen and oxygen atoms in total. The molecule has 1 atom stereocenters. The topological polar surface area (TPSA) is 162 Å². The van der Waals surface area contributed by atoms with Crippen molar-refractivity contribution in [3.05, 3.63) is 82.5 Å². The summed E-state index contributed by atoms with van der Waals surface area (Å²) in [6.07, 6.45) is 1.44. The van der Waals surface area contributed by atoms with Crippen LogP contribution in [-0.2, 0) is 27.0 Å². The van der Waals surface area contributed by atoms with Gasteiger partial charge in [0, 0.05) is 82.3 Å². The summed E-state index contributed by atoms with van der Waals surface area (Å²) in [7, 11) is 0. The SMILES string of the molecule is N#Cc1ccc(N2CCC(C(=O)Nc3ccc(CCN4CCC(CN5CCN(c6ccc7c(c6)C(=O)N(C6CCC(=O)NC6=O)C7=O)CC5)CC4)cn3)CC2)cc1C(F)(F)F. The fourth-order valence-corrected chi connectivity index (χ4v) is 9.22. The fraction of sp³-hybridized carbons (Fsp3) is 0.477. The molecule has 1 aromatic heterocycles. The first-order chi connectivity index (χ1) is 29.3. The Labute approximate surface area is 351 Å². The van der Waals surface area contributed by atoms with Crippen LogP contribution >= 0.6 is 0 Å². The Balaban J connectivity index is 0.728. The number of amides is 5. The molecule has 4 fully saturated rings. The number of carbonyl (C=O) groups is 5. The van der Waals surface area contributed by atoms with E-state index in [1.54, 1.807) is 24.4 Å². The normalized spacial score (nSPS) is 21.1. The fourth-order valence-electron chi connectivity index (χ4n) is 9.22. The third kappa shape index (κ3) is 9.25. The lowest BCUT2D eigenvalue weighted by Crippen LogP contribution is -2.54. The zero-order valence-electron chi connectivity index (χ0n) is 33.8. The summed E-state index contributed by atoms with van der Waals surface area (Å²) >= 11 is 0. The zero-order valence-corrected chi connectivity index (χ0v) is 33.8. The minimum atomic E-state index is -4.62. The summed E-state index contributed by atoms with van der Waals surface area (Å²) in [5.74, 6) is -1.37. The molecule has 4 saturated heterocycles. The number of hydrogen-bond donors (Lipinski definition) is 2. The highest BCUT2D eigenvalue weighted by Crippen LogP contribution is 2.36. The van der Waals surface area contributed by atoms with E-state index in [0.717, 1.165) is 93.8 Å². The molecule has 0 radical (unpaired) electrons. The molecule has 61 heavy (non-hydrogen) atoms. The van der Waals surface area contributed by atoms with Crippen LogP contribution in [0.15, 0.2) is 54.7 Å². The van der Waals surface area contributed by atoms with Crippen molar-refractivity contribution < 1.29 is 37.1 Å². The van der Waals surface area contributed by atoms with Crippen molar-refractivity contribution in [3.63, 3.8) is 0 Å². The molecule has 5 aliphatic heterocycles. The van der Waals surface area contributed by atoms with Gasteiger partial charge in [0.2, 0.25) is 17.7 Å². The van der Waals surface area contributed by atoms with Gasteiger partial charge in [0.25, 0.3) is 11.8 Å². The van der Waals surface area contributed by atoms with Crippen molar-refractivity contribution in [2.75, 3.05) is 80.6 Å². The van der Waals surface area contributed by atoms with Crippen LogP contribution in [0.5, 0.6) is 0 Å². The number of rotatable bonds is 10. The Bertz CT molecular complexity index is 2220. The number of aromatic nitrogens is 1. The molecule has 5 amide bonds. The van der Waals surface area contributed by atoms with Gasteiger partial charge in [-0.25, -0.2) is 4.98 Å². The zero-order chi connectivity index (χ0) is 42.8. The first-order valence-corrected chi connectivity index (χ1v) is 21.0. The number of nitriles is 1. The third-order valence-corrected chi connectivity index (χ3v) is 12.8. The molecule has 320 valence electrons. The number of hydrogen-bond acceptors (Lipinski definition) is 11. The Hall–Kier alpha value is -5.86. The molecule has 5 aliphatic rings. The van der Waals surface area contributed by atoms with Crippen molar-refractivity contribution in [1.29, 1.82) is 5.26 Å². The van der Waals surface area contributed by atoms with E-state index < -0.39 is 47.0 Å². The van der Waals surface area contributed by atoms with Crippen LogP contribution in [0, 0.1) is 23.2 Å². The molecule has 2 aromatic carbocycles. The van der Waals surface area contributed by atoms with Crippen molar-refractivity contribution in [1.82, 2.24) is 25.0 Å². The quantitative estimate of drug-likeness (QED) is 0.280. The highest BCUT2D eigenvalue weighted by atomic mass is 19.4. The van der Waals surface area contributed by atoms with Gasteiger partial charge in [0.05, 0.1) is 28.3 Å². The lowest BCUT2D eigenvalue weighted by molar-refractivity contribution is -0.138. The number of pyridine rings is 1. The summed E-state index contributed by atoms with van der Waals surface area (Å²) in [4.78, 5) is 78.0. The standard InChI is InChI=1S/C44H48F3N9O5/c45-44(46,47)36-24-33(3-2-31(36)25-48)54-17-12-30(13-18-54)40(58)50-38-7-1-28(26-49-38)9-14-52-15-10-29(11-16-52)27-53-19-21-55(22-20-53)32-4-5-34-35(23-32)43(61)56(42(34)60)37-6-8-39(57)51-41(37)59/h1-5,7,23-24,26,29-30,37H,6,8-22,27H2,(H,49,50,58)(H,51,57,59). The Morgan fingerprint density at radius 1 is 0.803 bits per heavy atom. The number of benzene rings is 2. The Kier molecular flexibility index (Phi) is 12.1. The molecular weight excluding hydrogens is 792 g/mol. The first-order valence-electron chi connectivity index (χ1n) is 21.0. The van der Waals surface area contributed by atoms with Crippen molar-refractivity contribution in [3.8, 4) is 6.07 Å². The number of likely N-dealkylation sites (tertiary alicyclic amines) is 1. The summed E-state index contributed by atoms with van der Waals surface area (Å²) < 4.78 is 40.4. The van der Waals surface area contributed by atoms with Crippen LogP contribution in [0.4, 0.5) is 30.4 Å². The van der Waals surface area contributed by atoms with Crippen molar-refractivity contribution in [2.24, 2.45) is 11.8 Å². The van der Waals surface area contributed by atoms with E-state index in [9.17, 15) is 37.1 Å². The number of nitrogens with zero attached hydrogens (tertiary/aromatic N) is 7. The minimum absolute atomic E-state index is 0.0826. The Morgan fingerprint density at radius 3 is 2.16 bits per heavy atom. The number of fused-ring (bicyclic) bond motifs is 1. The molecule has 17 heteroatoms. The molecular formula is C44H48F3N9O5. The van der Waals surface area contributed by atoms with Crippen molar-refractivity contribution >= 4 is 46.7 Å². The third-order valence-electron chi connectivity index (χ3n) is 12.8. The van der Waals surface area contributed by atoms with Gasteiger partial charge in [-0.2, -0.15) is 18.4 Å². The summed E-state index contributed by atoms with van der Waals surface area (Å²) in [6, 6.07) is 13.4. The van der Waals surface area contributed by atoms with Crippen LogP contribution in [-0.4, -0.2) is 121 Å². The van der Waals surface area contributed by atoms with Gasteiger partial charge in [-0.05, 0) is 106 Å². The van der Waals surface area contributed by atoms with Gasteiger partial charge in [-0.1, -0.05) is 6.07 Å². The van der Waals surface area contributed by atoms with Crippen LogP contribution < -0.4 is 20.4 Å². The average molecular weight is 840 g/mol. The second-order valence-electron chi connectivity index (χ2n) is 16.6. The lowest BCUT2D eigenvalue weighted by atomic mass is 9.95. The van der Waals surface area contributed by atoms with E-state index in [2.05, 4.69) is 30.3 Å². The van der Waals surface area contributed by atoms with Gasteiger partial charge < -0.3 is 20.0 Å². The molecule has 8 rings (SSSR count). The maximum absolute atomic E-state index is 13.5. The van der Waals surface area contributed by atoms with E-state index in [1.807, 2.05) is 23.1 Å². The predicted octanol–water partition coefficient (Wildman–Crippen LogP) is 4.31. The molecule has 1 unspecified atom stereocenters.